The average Bonchev–Trinajstić information content (AvgIpc) is 2.97. The molecule has 0 fully saturated rings. The Kier molecular flexibility index (Phi) is 5.80. The highest BCUT2D eigenvalue weighted by Crippen LogP contribution is 2.33. The molecule has 0 radical (unpaired) electrons. The number of hydrogen-bond donors (Lipinski definition) is 1. The molecule has 1 aromatic heterocycles. The SMILES string of the molecule is COC(=O)c1c(NC(=O)c2ccc(Oc3ccc(C)cc3)cc2)sc(C)c1C. The zero-order chi connectivity index (χ0) is 20.3. The van der Waals surface area contributed by atoms with Crippen LogP contribution in [0.2, 0.25) is 0 Å². The van der Waals surface area contributed by atoms with Crippen LogP contribution in [0.4, 0.5) is 5.00 Å². The van der Waals surface area contributed by atoms with Crippen molar-refractivity contribution in [2.45, 2.75) is 20.8 Å². The Morgan fingerprint density at radius 1 is 0.893 bits per heavy atom. The van der Waals surface area contributed by atoms with Crippen molar-refractivity contribution in [2.24, 2.45) is 0 Å². The number of amides is 1. The molecule has 1 N–H and O–H groups in total. The molecule has 0 saturated carbocycles. The van der Waals surface area contributed by atoms with Crippen molar-refractivity contribution in [3.63, 3.8) is 0 Å². The van der Waals surface area contributed by atoms with E-state index in [1.165, 1.54) is 18.4 Å². The minimum Gasteiger partial charge on any atom is -0.465 e. The van der Waals surface area contributed by atoms with E-state index in [2.05, 4.69) is 5.32 Å². The second-order valence-electron chi connectivity index (χ2n) is 6.37. The van der Waals surface area contributed by atoms with Crippen LogP contribution in [0.3, 0.4) is 0 Å². The van der Waals surface area contributed by atoms with Crippen LogP contribution in [-0.4, -0.2) is 19.0 Å². The number of esters is 1. The fraction of sp³-hybridized carbons (Fsp3) is 0.182. The number of ether oxygens (including phenoxy) is 2. The van der Waals surface area contributed by atoms with E-state index in [0.29, 0.717) is 21.9 Å². The number of thiophene rings is 1. The molecule has 28 heavy (non-hydrogen) atoms. The molecule has 0 bridgehead atoms. The molecule has 0 aliphatic carbocycles. The standard InChI is InChI=1S/C22H21NO4S/c1-13-5-9-17(10-6-13)27-18-11-7-16(8-12-18)20(24)23-21-19(22(25)26-4)14(2)15(3)28-21/h5-12H,1-4H3,(H,23,24). The highest BCUT2D eigenvalue weighted by Gasteiger charge is 2.22. The predicted octanol–water partition coefficient (Wildman–Crippen LogP) is 5.50. The highest BCUT2D eigenvalue weighted by molar-refractivity contribution is 7.16. The molecule has 0 saturated heterocycles. The lowest BCUT2D eigenvalue weighted by atomic mass is 10.1. The number of carbonyl (C=O) groups is 2. The van der Waals surface area contributed by atoms with E-state index in [1.807, 2.05) is 45.0 Å². The first-order valence-corrected chi connectivity index (χ1v) is 9.55. The van der Waals surface area contributed by atoms with Crippen molar-refractivity contribution in [3.05, 3.63) is 75.7 Å². The molecule has 1 heterocycles. The minimum absolute atomic E-state index is 0.298. The molecule has 0 aliphatic heterocycles. The van der Waals surface area contributed by atoms with Gasteiger partial charge in [-0.25, -0.2) is 4.79 Å². The fourth-order valence-electron chi connectivity index (χ4n) is 2.65. The summed E-state index contributed by atoms with van der Waals surface area (Å²) in [5.41, 5.74) is 2.84. The molecule has 0 spiro atoms. The number of rotatable bonds is 5. The van der Waals surface area contributed by atoms with Crippen LogP contribution >= 0.6 is 11.3 Å². The van der Waals surface area contributed by atoms with Crippen LogP contribution in [0.15, 0.2) is 48.5 Å². The van der Waals surface area contributed by atoms with Gasteiger partial charge < -0.3 is 14.8 Å². The maximum Gasteiger partial charge on any atom is 0.341 e. The Morgan fingerprint density at radius 2 is 1.46 bits per heavy atom. The molecule has 0 atom stereocenters. The molecule has 6 heteroatoms. The van der Waals surface area contributed by atoms with Crippen molar-refractivity contribution >= 4 is 28.2 Å². The summed E-state index contributed by atoms with van der Waals surface area (Å²) in [5, 5.41) is 3.31. The van der Waals surface area contributed by atoms with Gasteiger partial charge in [-0.1, -0.05) is 17.7 Å². The predicted molar refractivity (Wildman–Crippen MR) is 111 cm³/mol. The average molecular weight is 395 g/mol. The van der Waals surface area contributed by atoms with Gasteiger partial charge in [0.25, 0.3) is 5.91 Å². The number of carbonyl (C=O) groups excluding carboxylic acids is 2. The number of nitrogens with one attached hydrogen (secondary N) is 1. The molecule has 3 aromatic rings. The third-order valence-corrected chi connectivity index (χ3v) is 5.50. The van der Waals surface area contributed by atoms with Crippen molar-refractivity contribution in [1.29, 1.82) is 0 Å². The second kappa shape index (κ2) is 8.27. The largest absolute Gasteiger partial charge is 0.465 e. The fourth-order valence-corrected chi connectivity index (χ4v) is 3.70. The van der Waals surface area contributed by atoms with E-state index < -0.39 is 5.97 Å². The Balaban J connectivity index is 1.74. The maximum absolute atomic E-state index is 12.6. The van der Waals surface area contributed by atoms with Gasteiger partial charge in [0.05, 0.1) is 12.7 Å². The number of anilines is 1. The molecule has 0 aliphatic rings. The zero-order valence-corrected chi connectivity index (χ0v) is 17.0. The van der Waals surface area contributed by atoms with E-state index in [0.717, 1.165) is 21.8 Å². The van der Waals surface area contributed by atoms with E-state index in [9.17, 15) is 9.59 Å². The Bertz CT molecular complexity index is 1000. The molecule has 2 aromatic carbocycles. The topological polar surface area (TPSA) is 64.6 Å². The van der Waals surface area contributed by atoms with Gasteiger partial charge in [-0.3, -0.25) is 4.79 Å². The van der Waals surface area contributed by atoms with Gasteiger partial charge in [0.1, 0.15) is 16.5 Å². The number of aryl methyl sites for hydroxylation is 2. The normalized spacial score (nSPS) is 10.4. The Labute approximate surface area is 167 Å². The van der Waals surface area contributed by atoms with Crippen LogP contribution in [0, 0.1) is 20.8 Å². The zero-order valence-electron chi connectivity index (χ0n) is 16.2. The maximum atomic E-state index is 12.6. The quantitative estimate of drug-likeness (QED) is 0.579. The van der Waals surface area contributed by atoms with Gasteiger partial charge in [-0.15, -0.1) is 11.3 Å². The van der Waals surface area contributed by atoms with Gasteiger partial charge >= 0.3 is 5.97 Å². The minimum atomic E-state index is -0.459. The molecule has 0 unspecified atom stereocenters. The molecular formula is C22H21NO4S. The van der Waals surface area contributed by atoms with Crippen molar-refractivity contribution in [2.75, 3.05) is 12.4 Å². The number of hydrogen-bond acceptors (Lipinski definition) is 5. The number of benzene rings is 2. The summed E-state index contributed by atoms with van der Waals surface area (Å²) in [5.74, 6) is 0.612. The number of methoxy groups -OCH3 is 1. The summed E-state index contributed by atoms with van der Waals surface area (Å²) < 4.78 is 10.6. The monoisotopic (exact) mass is 395 g/mol. The van der Waals surface area contributed by atoms with Gasteiger partial charge in [0.2, 0.25) is 0 Å². The summed E-state index contributed by atoms with van der Waals surface area (Å²) >= 11 is 1.36. The second-order valence-corrected chi connectivity index (χ2v) is 7.60. The van der Waals surface area contributed by atoms with E-state index in [-0.39, 0.29) is 5.91 Å². The summed E-state index contributed by atoms with van der Waals surface area (Å²) in [7, 11) is 1.33. The first-order chi connectivity index (χ1) is 13.4. The van der Waals surface area contributed by atoms with E-state index in [1.54, 1.807) is 24.3 Å². The summed E-state index contributed by atoms with van der Waals surface area (Å²) in [4.78, 5) is 25.6. The molecular weight excluding hydrogens is 374 g/mol. The van der Waals surface area contributed by atoms with Gasteiger partial charge in [0.15, 0.2) is 0 Å². The summed E-state index contributed by atoms with van der Waals surface area (Å²) in [6.45, 7) is 5.75. The first-order valence-electron chi connectivity index (χ1n) is 8.73. The molecule has 144 valence electrons. The summed E-state index contributed by atoms with van der Waals surface area (Å²) in [6.07, 6.45) is 0. The third-order valence-electron chi connectivity index (χ3n) is 4.38. The Morgan fingerprint density at radius 3 is 2.04 bits per heavy atom. The van der Waals surface area contributed by atoms with Crippen LogP contribution in [-0.2, 0) is 4.74 Å². The van der Waals surface area contributed by atoms with Crippen LogP contribution < -0.4 is 10.1 Å². The van der Waals surface area contributed by atoms with E-state index >= 15 is 0 Å². The van der Waals surface area contributed by atoms with Gasteiger partial charge in [-0.05, 0) is 62.7 Å². The molecule has 3 rings (SSSR count). The molecule has 5 nitrogen and oxygen atoms in total. The van der Waals surface area contributed by atoms with Crippen LogP contribution in [0.1, 0.15) is 36.7 Å². The van der Waals surface area contributed by atoms with Gasteiger partial charge in [0, 0.05) is 10.4 Å². The lowest BCUT2D eigenvalue weighted by molar-refractivity contribution is 0.0601. The lowest BCUT2D eigenvalue weighted by Crippen LogP contribution is -2.14. The van der Waals surface area contributed by atoms with Gasteiger partial charge in [-0.2, -0.15) is 0 Å². The summed E-state index contributed by atoms with van der Waals surface area (Å²) in [6, 6.07) is 14.6. The van der Waals surface area contributed by atoms with E-state index in [4.69, 9.17) is 9.47 Å². The Hall–Kier alpha value is -3.12. The smallest absolute Gasteiger partial charge is 0.341 e. The van der Waals surface area contributed by atoms with Crippen LogP contribution in [0.25, 0.3) is 0 Å². The third kappa shape index (κ3) is 4.23. The first kappa shape index (κ1) is 19.6. The molecule has 1 amide bonds. The highest BCUT2D eigenvalue weighted by atomic mass is 32.1. The van der Waals surface area contributed by atoms with Crippen molar-refractivity contribution in [3.8, 4) is 11.5 Å². The van der Waals surface area contributed by atoms with Crippen molar-refractivity contribution < 1.29 is 19.1 Å². The van der Waals surface area contributed by atoms with Crippen LogP contribution in [0.5, 0.6) is 11.5 Å². The van der Waals surface area contributed by atoms with Crippen molar-refractivity contribution in [1.82, 2.24) is 0 Å². The lowest BCUT2D eigenvalue weighted by Gasteiger charge is -2.08.